The van der Waals surface area contributed by atoms with Gasteiger partial charge in [-0.15, -0.1) is 0 Å². The van der Waals surface area contributed by atoms with Gasteiger partial charge < -0.3 is 9.84 Å². The number of benzene rings is 1. The minimum Gasteiger partial charge on any atom is -0.434 e. The molecule has 0 saturated heterocycles. The molecule has 2 nitrogen and oxygen atoms in total. The summed E-state index contributed by atoms with van der Waals surface area (Å²) < 4.78 is 39.9. The molecule has 0 bridgehead atoms. The van der Waals surface area contributed by atoms with Gasteiger partial charge in [0.1, 0.15) is 18.5 Å². The van der Waals surface area contributed by atoms with E-state index in [1.54, 1.807) is 0 Å². The van der Waals surface area contributed by atoms with Gasteiger partial charge in [0.25, 0.3) is 0 Å². The molecule has 0 saturated carbocycles. The molecule has 14 heavy (non-hydrogen) atoms. The first-order valence-corrected chi connectivity index (χ1v) is 3.93. The quantitative estimate of drug-likeness (QED) is 0.818. The van der Waals surface area contributed by atoms with Gasteiger partial charge in [0.2, 0.25) is 0 Å². The topological polar surface area (TPSA) is 29.5 Å². The number of rotatable bonds is 4. The molecule has 1 atom stereocenters. The Bertz CT molecular complexity index is 291. The molecule has 0 radical (unpaired) electrons. The van der Waals surface area contributed by atoms with Crippen LogP contribution in [-0.4, -0.2) is 18.4 Å². The van der Waals surface area contributed by atoms with Crippen LogP contribution < -0.4 is 4.74 Å². The van der Waals surface area contributed by atoms with Crippen LogP contribution in [0.4, 0.5) is 13.2 Å². The molecule has 1 aromatic carbocycles. The van der Waals surface area contributed by atoms with E-state index >= 15 is 0 Å². The predicted octanol–water partition coefficient (Wildman–Crippen LogP) is 2.29. The standard InChI is InChI=1S/C9H9F3O2/c10-5-7(13)6-3-1-2-4-8(6)14-9(11)12/h1-4,7,9,13H,5H2. The minimum absolute atomic E-state index is 0.0234. The Morgan fingerprint density at radius 3 is 2.50 bits per heavy atom. The Morgan fingerprint density at radius 2 is 1.93 bits per heavy atom. The lowest BCUT2D eigenvalue weighted by Gasteiger charge is -2.12. The highest BCUT2D eigenvalue weighted by atomic mass is 19.3. The lowest BCUT2D eigenvalue weighted by molar-refractivity contribution is -0.0517. The van der Waals surface area contributed by atoms with Crippen LogP contribution >= 0.6 is 0 Å². The van der Waals surface area contributed by atoms with Crippen molar-refractivity contribution in [3.8, 4) is 5.75 Å². The number of halogens is 3. The molecule has 0 aliphatic rings. The van der Waals surface area contributed by atoms with Crippen LogP contribution in [0.3, 0.4) is 0 Å². The zero-order chi connectivity index (χ0) is 10.6. The molecule has 0 aliphatic heterocycles. The molecule has 0 spiro atoms. The van der Waals surface area contributed by atoms with E-state index in [0.717, 1.165) is 0 Å². The number of alkyl halides is 3. The van der Waals surface area contributed by atoms with Gasteiger partial charge in [-0.1, -0.05) is 18.2 Å². The zero-order valence-electron chi connectivity index (χ0n) is 7.16. The smallest absolute Gasteiger partial charge is 0.387 e. The predicted molar refractivity (Wildman–Crippen MR) is 44.0 cm³/mol. The highest BCUT2D eigenvalue weighted by Gasteiger charge is 2.15. The van der Waals surface area contributed by atoms with E-state index < -0.39 is 19.4 Å². The lowest BCUT2D eigenvalue weighted by atomic mass is 10.1. The van der Waals surface area contributed by atoms with Gasteiger partial charge in [-0.25, -0.2) is 4.39 Å². The van der Waals surface area contributed by atoms with Crippen molar-refractivity contribution in [1.82, 2.24) is 0 Å². The van der Waals surface area contributed by atoms with Crippen LogP contribution in [0.2, 0.25) is 0 Å². The number of para-hydroxylation sites is 1. The lowest BCUT2D eigenvalue weighted by Crippen LogP contribution is -2.07. The summed E-state index contributed by atoms with van der Waals surface area (Å²) in [4.78, 5) is 0. The molecule has 0 aliphatic carbocycles. The number of hydrogen-bond donors (Lipinski definition) is 1. The second kappa shape index (κ2) is 4.85. The summed E-state index contributed by atoms with van der Waals surface area (Å²) in [7, 11) is 0. The highest BCUT2D eigenvalue weighted by Crippen LogP contribution is 2.26. The van der Waals surface area contributed by atoms with E-state index in [1.807, 2.05) is 0 Å². The number of hydrogen-bond acceptors (Lipinski definition) is 2. The van der Waals surface area contributed by atoms with Crippen LogP contribution in [0.5, 0.6) is 5.75 Å². The van der Waals surface area contributed by atoms with Crippen molar-refractivity contribution in [3.05, 3.63) is 29.8 Å². The summed E-state index contributed by atoms with van der Waals surface area (Å²) in [6, 6.07) is 5.56. The van der Waals surface area contributed by atoms with E-state index in [9.17, 15) is 13.2 Å². The van der Waals surface area contributed by atoms with Crippen molar-refractivity contribution in [2.24, 2.45) is 0 Å². The fourth-order valence-electron chi connectivity index (χ4n) is 1.04. The Kier molecular flexibility index (Phi) is 3.76. The Hall–Kier alpha value is -1.23. The molecule has 1 aromatic rings. The first-order valence-electron chi connectivity index (χ1n) is 3.93. The molecule has 1 N–H and O–H groups in total. The molecule has 1 unspecified atom stereocenters. The van der Waals surface area contributed by atoms with Crippen molar-refractivity contribution in [1.29, 1.82) is 0 Å². The van der Waals surface area contributed by atoms with Crippen LogP contribution in [0.25, 0.3) is 0 Å². The van der Waals surface area contributed by atoms with Crippen LogP contribution in [-0.2, 0) is 0 Å². The summed E-state index contributed by atoms with van der Waals surface area (Å²) >= 11 is 0. The van der Waals surface area contributed by atoms with Gasteiger partial charge in [-0.05, 0) is 6.07 Å². The van der Waals surface area contributed by atoms with Gasteiger partial charge in [0.05, 0.1) is 0 Å². The molecule has 78 valence electrons. The molecule has 0 heterocycles. The van der Waals surface area contributed by atoms with Gasteiger partial charge in [0.15, 0.2) is 0 Å². The van der Waals surface area contributed by atoms with E-state index in [2.05, 4.69) is 4.74 Å². The number of ether oxygens (including phenoxy) is 1. The fourth-order valence-corrected chi connectivity index (χ4v) is 1.04. The minimum atomic E-state index is -2.98. The van der Waals surface area contributed by atoms with E-state index in [-0.39, 0.29) is 11.3 Å². The van der Waals surface area contributed by atoms with E-state index in [0.29, 0.717) is 0 Å². The van der Waals surface area contributed by atoms with Crippen molar-refractivity contribution >= 4 is 0 Å². The molecule has 0 fully saturated rings. The van der Waals surface area contributed by atoms with Crippen molar-refractivity contribution in [2.75, 3.05) is 6.67 Å². The van der Waals surface area contributed by atoms with Crippen LogP contribution in [0.15, 0.2) is 24.3 Å². The number of aliphatic hydroxyl groups is 1. The summed E-state index contributed by atoms with van der Waals surface area (Å²) in [5.74, 6) is -0.201. The van der Waals surface area contributed by atoms with Gasteiger partial charge >= 0.3 is 6.61 Å². The second-order valence-electron chi connectivity index (χ2n) is 2.59. The first-order chi connectivity index (χ1) is 6.65. The average Bonchev–Trinajstić information content (AvgIpc) is 2.16. The third-order valence-electron chi connectivity index (χ3n) is 1.64. The normalized spacial score (nSPS) is 12.9. The maximum atomic E-state index is 12.1. The highest BCUT2D eigenvalue weighted by molar-refractivity contribution is 5.35. The van der Waals surface area contributed by atoms with E-state index in [1.165, 1.54) is 24.3 Å². The summed E-state index contributed by atoms with van der Waals surface area (Å²) in [6.45, 7) is -4.02. The zero-order valence-corrected chi connectivity index (χ0v) is 7.16. The van der Waals surface area contributed by atoms with Gasteiger partial charge in [0, 0.05) is 5.56 Å². The SMILES string of the molecule is OC(CF)c1ccccc1OC(F)F. The monoisotopic (exact) mass is 206 g/mol. The molecular formula is C9H9F3O2. The van der Waals surface area contributed by atoms with Gasteiger partial charge in [-0.3, -0.25) is 0 Å². The van der Waals surface area contributed by atoms with Crippen molar-refractivity contribution < 1.29 is 23.0 Å². The average molecular weight is 206 g/mol. The van der Waals surface area contributed by atoms with E-state index in [4.69, 9.17) is 5.11 Å². The Labute approximate surface area is 78.9 Å². The maximum absolute atomic E-state index is 12.1. The van der Waals surface area contributed by atoms with Crippen LogP contribution in [0, 0.1) is 0 Å². The fraction of sp³-hybridized carbons (Fsp3) is 0.333. The number of aliphatic hydroxyl groups excluding tert-OH is 1. The maximum Gasteiger partial charge on any atom is 0.387 e. The Balaban J connectivity index is 2.91. The summed E-state index contributed by atoms with van der Waals surface area (Å²) in [5, 5.41) is 9.12. The first kappa shape index (κ1) is 10.8. The molecule has 5 heteroatoms. The molecule has 1 rings (SSSR count). The van der Waals surface area contributed by atoms with Gasteiger partial charge in [-0.2, -0.15) is 8.78 Å². The second-order valence-corrected chi connectivity index (χ2v) is 2.59. The van der Waals surface area contributed by atoms with Crippen molar-refractivity contribution in [2.45, 2.75) is 12.7 Å². The third-order valence-corrected chi connectivity index (χ3v) is 1.64. The largest absolute Gasteiger partial charge is 0.434 e. The van der Waals surface area contributed by atoms with Crippen LogP contribution in [0.1, 0.15) is 11.7 Å². The Morgan fingerprint density at radius 1 is 1.29 bits per heavy atom. The third kappa shape index (κ3) is 2.63. The van der Waals surface area contributed by atoms with Crippen molar-refractivity contribution in [3.63, 3.8) is 0 Å². The molecular weight excluding hydrogens is 197 g/mol. The molecule has 0 aromatic heterocycles. The summed E-state index contributed by atoms with van der Waals surface area (Å²) in [5.41, 5.74) is 0.0234. The molecule has 0 amide bonds. The summed E-state index contributed by atoms with van der Waals surface area (Å²) in [6.07, 6.45) is -1.43.